The molecule has 0 saturated carbocycles. The van der Waals surface area contributed by atoms with Gasteiger partial charge in [0.1, 0.15) is 5.82 Å². The molecule has 0 aliphatic carbocycles. The number of halogens is 1. The van der Waals surface area contributed by atoms with Gasteiger partial charge in [-0.2, -0.15) is 0 Å². The van der Waals surface area contributed by atoms with Crippen LogP contribution in [-0.2, 0) is 0 Å². The van der Waals surface area contributed by atoms with Crippen molar-refractivity contribution < 1.29 is 4.39 Å². The van der Waals surface area contributed by atoms with Gasteiger partial charge in [0.05, 0.1) is 16.9 Å². The van der Waals surface area contributed by atoms with Crippen molar-refractivity contribution in [1.82, 2.24) is 4.98 Å². The highest BCUT2D eigenvalue weighted by Gasteiger charge is 2.23. The molecule has 0 spiro atoms. The summed E-state index contributed by atoms with van der Waals surface area (Å²) in [5, 5.41) is 1.94. The lowest BCUT2D eigenvalue weighted by Gasteiger charge is -2.24. The highest BCUT2D eigenvalue weighted by molar-refractivity contribution is 7.07. The van der Waals surface area contributed by atoms with Crippen LogP contribution in [0, 0.1) is 5.82 Å². The first kappa shape index (κ1) is 11.7. The number of hydrogen-bond donors (Lipinski definition) is 0. The first-order valence-corrected chi connectivity index (χ1v) is 7.15. The molecule has 1 unspecified atom stereocenters. The standard InChI is InChI=1S/C14H15FN2S/c1-10-3-2-6-17(10)14-5-4-11(7-12(14)15)13-8-18-9-16-13/h4-5,7-10H,2-3,6H2,1H3. The molecule has 2 heterocycles. The fourth-order valence-corrected chi connectivity index (χ4v) is 3.11. The van der Waals surface area contributed by atoms with Crippen molar-refractivity contribution in [3.8, 4) is 11.3 Å². The summed E-state index contributed by atoms with van der Waals surface area (Å²) >= 11 is 1.53. The van der Waals surface area contributed by atoms with E-state index < -0.39 is 0 Å². The molecule has 0 N–H and O–H groups in total. The Hall–Kier alpha value is -1.42. The molecule has 1 aromatic heterocycles. The molecule has 1 aromatic carbocycles. The van der Waals surface area contributed by atoms with E-state index in [4.69, 9.17) is 0 Å². The quantitative estimate of drug-likeness (QED) is 0.815. The number of thiazole rings is 1. The Morgan fingerprint density at radius 2 is 2.33 bits per heavy atom. The Balaban J connectivity index is 1.94. The molecule has 18 heavy (non-hydrogen) atoms. The fraction of sp³-hybridized carbons (Fsp3) is 0.357. The molecule has 0 radical (unpaired) electrons. The third kappa shape index (κ3) is 2.01. The molecule has 94 valence electrons. The monoisotopic (exact) mass is 262 g/mol. The number of benzene rings is 1. The minimum absolute atomic E-state index is 0.144. The number of anilines is 1. The van der Waals surface area contributed by atoms with Gasteiger partial charge in [-0.05, 0) is 31.9 Å². The smallest absolute Gasteiger partial charge is 0.147 e. The third-order valence-corrected chi connectivity index (χ3v) is 4.12. The van der Waals surface area contributed by atoms with Gasteiger partial charge < -0.3 is 4.90 Å². The van der Waals surface area contributed by atoms with Crippen LogP contribution in [0.5, 0.6) is 0 Å². The molecular formula is C14H15FN2S. The van der Waals surface area contributed by atoms with Crippen LogP contribution in [0.1, 0.15) is 19.8 Å². The maximum absolute atomic E-state index is 14.2. The SMILES string of the molecule is CC1CCCN1c1ccc(-c2cscn2)cc1F. The van der Waals surface area contributed by atoms with Gasteiger partial charge in [-0.15, -0.1) is 11.3 Å². The zero-order chi connectivity index (χ0) is 12.5. The first-order valence-electron chi connectivity index (χ1n) is 6.20. The summed E-state index contributed by atoms with van der Waals surface area (Å²) in [6, 6.07) is 5.87. The predicted molar refractivity (Wildman–Crippen MR) is 73.6 cm³/mol. The molecule has 1 fully saturated rings. The van der Waals surface area contributed by atoms with Crippen molar-refractivity contribution >= 4 is 17.0 Å². The van der Waals surface area contributed by atoms with Gasteiger partial charge in [-0.3, -0.25) is 0 Å². The van der Waals surface area contributed by atoms with Crippen LogP contribution in [0.4, 0.5) is 10.1 Å². The Morgan fingerprint density at radius 3 is 2.94 bits per heavy atom. The van der Waals surface area contributed by atoms with Gasteiger partial charge in [0, 0.05) is 23.5 Å². The molecule has 1 aliphatic rings. The average Bonchev–Trinajstić information content (AvgIpc) is 3.00. The van der Waals surface area contributed by atoms with Gasteiger partial charge in [0.25, 0.3) is 0 Å². The van der Waals surface area contributed by atoms with Gasteiger partial charge in [0.2, 0.25) is 0 Å². The van der Waals surface area contributed by atoms with Crippen LogP contribution in [0.2, 0.25) is 0 Å². The van der Waals surface area contributed by atoms with Gasteiger partial charge in [0.15, 0.2) is 0 Å². The van der Waals surface area contributed by atoms with Crippen molar-refractivity contribution in [1.29, 1.82) is 0 Å². The summed E-state index contributed by atoms with van der Waals surface area (Å²) in [6.45, 7) is 3.11. The summed E-state index contributed by atoms with van der Waals surface area (Å²) in [7, 11) is 0. The Bertz CT molecular complexity index is 539. The largest absolute Gasteiger partial charge is 0.366 e. The summed E-state index contributed by atoms with van der Waals surface area (Å²) in [5.74, 6) is -0.144. The Morgan fingerprint density at radius 1 is 1.44 bits per heavy atom. The second-order valence-electron chi connectivity index (χ2n) is 4.72. The summed E-state index contributed by atoms with van der Waals surface area (Å²) in [6.07, 6.45) is 2.29. The van der Waals surface area contributed by atoms with E-state index >= 15 is 0 Å². The van der Waals surface area contributed by atoms with E-state index in [1.54, 1.807) is 11.6 Å². The third-order valence-electron chi connectivity index (χ3n) is 3.54. The van der Waals surface area contributed by atoms with E-state index in [9.17, 15) is 4.39 Å². The van der Waals surface area contributed by atoms with Crippen molar-refractivity contribution in [2.75, 3.05) is 11.4 Å². The van der Waals surface area contributed by atoms with E-state index in [-0.39, 0.29) is 5.82 Å². The molecule has 2 aromatic rings. The van der Waals surface area contributed by atoms with Crippen LogP contribution in [0.15, 0.2) is 29.1 Å². The van der Waals surface area contributed by atoms with Crippen LogP contribution in [0.3, 0.4) is 0 Å². The summed E-state index contributed by atoms with van der Waals surface area (Å²) < 4.78 is 14.2. The molecule has 1 atom stereocenters. The maximum Gasteiger partial charge on any atom is 0.147 e. The van der Waals surface area contributed by atoms with E-state index in [2.05, 4.69) is 16.8 Å². The molecule has 0 bridgehead atoms. The van der Waals surface area contributed by atoms with Gasteiger partial charge in [-0.25, -0.2) is 9.37 Å². The van der Waals surface area contributed by atoms with Crippen LogP contribution < -0.4 is 4.90 Å². The van der Waals surface area contributed by atoms with E-state index in [1.165, 1.54) is 11.3 Å². The average molecular weight is 262 g/mol. The summed E-state index contributed by atoms with van der Waals surface area (Å²) in [5.41, 5.74) is 4.19. The molecule has 4 heteroatoms. The van der Waals surface area contributed by atoms with Crippen molar-refractivity contribution in [2.24, 2.45) is 0 Å². The van der Waals surface area contributed by atoms with Crippen molar-refractivity contribution in [2.45, 2.75) is 25.8 Å². The van der Waals surface area contributed by atoms with E-state index in [1.807, 2.05) is 17.5 Å². The number of rotatable bonds is 2. The summed E-state index contributed by atoms with van der Waals surface area (Å²) in [4.78, 5) is 6.36. The first-order chi connectivity index (χ1) is 8.75. The molecule has 3 rings (SSSR count). The molecule has 1 saturated heterocycles. The van der Waals surface area contributed by atoms with Gasteiger partial charge in [-0.1, -0.05) is 6.07 Å². The Kier molecular flexibility index (Phi) is 3.04. The number of aromatic nitrogens is 1. The lowest BCUT2D eigenvalue weighted by Crippen LogP contribution is -2.27. The zero-order valence-corrected chi connectivity index (χ0v) is 11.1. The second-order valence-corrected chi connectivity index (χ2v) is 5.44. The Labute approximate surface area is 110 Å². The molecule has 0 amide bonds. The topological polar surface area (TPSA) is 16.1 Å². The van der Waals surface area contributed by atoms with Crippen LogP contribution in [0.25, 0.3) is 11.3 Å². The normalized spacial score (nSPS) is 19.4. The van der Waals surface area contributed by atoms with E-state index in [0.29, 0.717) is 6.04 Å². The fourth-order valence-electron chi connectivity index (χ4n) is 2.55. The van der Waals surface area contributed by atoms with Crippen molar-refractivity contribution in [3.63, 3.8) is 0 Å². The maximum atomic E-state index is 14.2. The molecule has 2 nitrogen and oxygen atoms in total. The van der Waals surface area contributed by atoms with Crippen LogP contribution in [-0.4, -0.2) is 17.6 Å². The molecule has 1 aliphatic heterocycles. The van der Waals surface area contributed by atoms with Gasteiger partial charge >= 0.3 is 0 Å². The highest BCUT2D eigenvalue weighted by Crippen LogP contribution is 2.30. The minimum Gasteiger partial charge on any atom is -0.366 e. The second kappa shape index (κ2) is 4.69. The van der Waals surface area contributed by atoms with E-state index in [0.717, 1.165) is 36.3 Å². The zero-order valence-electron chi connectivity index (χ0n) is 10.3. The number of nitrogens with zero attached hydrogens (tertiary/aromatic N) is 2. The lowest BCUT2D eigenvalue weighted by molar-refractivity contribution is 0.614. The number of hydrogen-bond acceptors (Lipinski definition) is 3. The highest BCUT2D eigenvalue weighted by atomic mass is 32.1. The predicted octanol–water partition coefficient (Wildman–Crippen LogP) is 3.94. The minimum atomic E-state index is -0.144. The molecular weight excluding hydrogens is 247 g/mol. The van der Waals surface area contributed by atoms with Crippen molar-refractivity contribution in [3.05, 3.63) is 34.9 Å². The van der Waals surface area contributed by atoms with Crippen LogP contribution >= 0.6 is 11.3 Å². The lowest BCUT2D eigenvalue weighted by atomic mass is 10.1.